The lowest BCUT2D eigenvalue weighted by atomic mass is 9.82. The van der Waals surface area contributed by atoms with Crippen molar-refractivity contribution in [2.24, 2.45) is 0 Å². The number of nitrogens with one attached hydrogen (secondary N) is 2. The maximum absolute atomic E-state index is 12.8. The smallest absolute Gasteiger partial charge is 0.325 e. The highest BCUT2D eigenvalue weighted by atomic mass is 16.2. The summed E-state index contributed by atoms with van der Waals surface area (Å²) in [7, 11) is 0. The lowest BCUT2D eigenvalue weighted by Gasteiger charge is -2.30. The number of carbonyl (C=O) groups excluding carboxylic acids is 3. The summed E-state index contributed by atoms with van der Waals surface area (Å²) in [6.07, 6.45) is 7.23. The van der Waals surface area contributed by atoms with Gasteiger partial charge < -0.3 is 10.6 Å². The van der Waals surface area contributed by atoms with Gasteiger partial charge in [0.1, 0.15) is 12.1 Å². The van der Waals surface area contributed by atoms with Crippen molar-refractivity contribution in [3.8, 4) is 0 Å². The Labute approximate surface area is 153 Å². The minimum atomic E-state index is -0.771. The summed E-state index contributed by atoms with van der Waals surface area (Å²) < 4.78 is 0. The molecule has 1 atom stereocenters. The van der Waals surface area contributed by atoms with E-state index in [1.807, 2.05) is 18.2 Å². The van der Waals surface area contributed by atoms with Gasteiger partial charge in [0.2, 0.25) is 5.91 Å². The number of hydrogen-bond acceptors (Lipinski definition) is 3. The van der Waals surface area contributed by atoms with Crippen LogP contribution in [-0.2, 0) is 16.0 Å². The zero-order valence-corrected chi connectivity index (χ0v) is 14.9. The molecule has 1 saturated heterocycles. The van der Waals surface area contributed by atoms with Crippen LogP contribution >= 0.6 is 0 Å². The van der Waals surface area contributed by atoms with Gasteiger partial charge in [0.25, 0.3) is 5.91 Å². The third kappa shape index (κ3) is 2.97. The largest absolute Gasteiger partial charge is 0.348 e. The summed E-state index contributed by atoms with van der Waals surface area (Å²) in [6.45, 7) is -0.203. The molecule has 1 heterocycles. The van der Waals surface area contributed by atoms with Gasteiger partial charge in [-0.05, 0) is 43.2 Å². The van der Waals surface area contributed by atoms with E-state index in [-0.39, 0.29) is 24.4 Å². The molecule has 6 heteroatoms. The topological polar surface area (TPSA) is 78.5 Å². The van der Waals surface area contributed by atoms with Crippen molar-refractivity contribution in [2.75, 3.05) is 6.54 Å². The fraction of sp³-hybridized carbons (Fsp3) is 0.550. The normalized spacial score (nSPS) is 24.3. The fourth-order valence-electron chi connectivity index (χ4n) is 4.60. The zero-order valence-electron chi connectivity index (χ0n) is 14.9. The first-order valence-corrected chi connectivity index (χ1v) is 9.60. The lowest BCUT2D eigenvalue weighted by molar-refractivity contribution is -0.136. The molecule has 2 N–H and O–H groups in total. The maximum atomic E-state index is 12.8. The molecular weight excluding hydrogens is 330 g/mol. The molecule has 0 bridgehead atoms. The van der Waals surface area contributed by atoms with Crippen molar-refractivity contribution in [3.63, 3.8) is 0 Å². The van der Waals surface area contributed by atoms with Crippen molar-refractivity contribution < 1.29 is 14.4 Å². The molecule has 2 fully saturated rings. The number of nitrogens with zero attached hydrogens (tertiary/aromatic N) is 1. The summed E-state index contributed by atoms with van der Waals surface area (Å²) in [6, 6.07) is 7.66. The van der Waals surface area contributed by atoms with Crippen LogP contribution in [0.25, 0.3) is 0 Å². The number of urea groups is 1. The van der Waals surface area contributed by atoms with E-state index in [1.54, 1.807) is 0 Å². The molecule has 1 saturated carbocycles. The molecule has 0 unspecified atom stereocenters. The van der Waals surface area contributed by atoms with Crippen molar-refractivity contribution in [2.45, 2.75) is 62.9 Å². The number of aryl methyl sites for hydroxylation is 1. The fourth-order valence-corrected chi connectivity index (χ4v) is 4.60. The van der Waals surface area contributed by atoms with E-state index >= 15 is 0 Å². The Hall–Kier alpha value is -2.37. The average molecular weight is 355 g/mol. The Morgan fingerprint density at radius 3 is 2.73 bits per heavy atom. The minimum absolute atomic E-state index is 0.0446. The summed E-state index contributed by atoms with van der Waals surface area (Å²) in [5.41, 5.74) is 1.64. The Morgan fingerprint density at radius 2 is 1.92 bits per heavy atom. The van der Waals surface area contributed by atoms with Crippen molar-refractivity contribution in [1.29, 1.82) is 0 Å². The number of carbonyl (C=O) groups is 3. The van der Waals surface area contributed by atoms with Gasteiger partial charge in [-0.25, -0.2) is 4.79 Å². The van der Waals surface area contributed by atoms with E-state index < -0.39 is 11.6 Å². The molecule has 138 valence electrons. The molecule has 4 rings (SSSR count). The third-order valence-corrected chi connectivity index (χ3v) is 5.96. The second-order valence-corrected chi connectivity index (χ2v) is 7.68. The average Bonchev–Trinajstić information content (AvgIpc) is 2.87. The van der Waals surface area contributed by atoms with Crippen LogP contribution in [0.15, 0.2) is 24.3 Å². The molecule has 6 nitrogen and oxygen atoms in total. The van der Waals surface area contributed by atoms with Gasteiger partial charge in [0.05, 0.1) is 6.04 Å². The second-order valence-electron chi connectivity index (χ2n) is 7.68. The van der Waals surface area contributed by atoms with E-state index in [1.165, 1.54) is 5.56 Å². The highest BCUT2D eigenvalue weighted by Crippen LogP contribution is 2.34. The Balaban J connectivity index is 1.43. The Morgan fingerprint density at radius 1 is 1.15 bits per heavy atom. The zero-order chi connectivity index (χ0) is 18.1. The van der Waals surface area contributed by atoms with Crippen LogP contribution in [0.1, 0.15) is 62.1 Å². The third-order valence-electron chi connectivity index (χ3n) is 5.96. The van der Waals surface area contributed by atoms with Crippen LogP contribution in [-0.4, -0.2) is 34.8 Å². The standard InChI is InChI=1S/C20H25N3O3/c24-17(21-16-10-6-8-14-7-2-3-9-15(14)16)13-23-18(25)20(22-19(23)26)11-4-1-5-12-20/h2-3,7,9,16H,1,4-6,8,10-13H2,(H,21,24)(H,22,26)/t16-/m0/s1. The molecule has 26 heavy (non-hydrogen) atoms. The van der Waals surface area contributed by atoms with Gasteiger partial charge in [-0.3, -0.25) is 14.5 Å². The van der Waals surface area contributed by atoms with E-state index in [4.69, 9.17) is 0 Å². The molecule has 0 aromatic heterocycles. The molecule has 2 aliphatic carbocycles. The monoisotopic (exact) mass is 355 g/mol. The number of fused-ring (bicyclic) bond motifs is 1. The van der Waals surface area contributed by atoms with Crippen LogP contribution in [0.5, 0.6) is 0 Å². The highest BCUT2D eigenvalue weighted by Gasteiger charge is 2.51. The van der Waals surface area contributed by atoms with Crippen LogP contribution in [0.4, 0.5) is 4.79 Å². The predicted octanol–water partition coefficient (Wildman–Crippen LogP) is 2.43. The van der Waals surface area contributed by atoms with E-state index in [0.29, 0.717) is 12.8 Å². The number of imide groups is 1. The van der Waals surface area contributed by atoms with Gasteiger partial charge >= 0.3 is 6.03 Å². The molecule has 1 aromatic carbocycles. The maximum Gasteiger partial charge on any atom is 0.325 e. The Bertz CT molecular complexity index is 740. The SMILES string of the molecule is O=C(CN1C(=O)NC2(CCCCC2)C1=O)N[C@H]1CCCc2ccccc21. The second kappa shape index (κ2) is 6.74. The van der Waals surface area contributed by atoms with Crippen LogP contribution < -0.4 is 10.6 Å². The molecule has 1 aromatic rings. The van der Waals surface area contributed by atoms with Gasteiger partial charge in [0, 0.05) is 0 Å². The highest BCUT2D eigenvalue weighted by molar-refractivity contribution is 6.09. The van der Waals surface area contributed by atoms with Gasteiger partial charge in [0.15, 0.2) is 0 Å². The van der Waals surface area contributed by atoms with E-state index in [2.05, 4.69) is 16.7 Å². The first kappa shape index (κ1) is 17.1. The molecule has 1 aliphatic heterocycles. The first-order chi connectivity index (χ1) is 12.6. The predicted molar refractivity (Wildman–Crippen MR) is 96.3 cm³/mol. The van der Waals surface area contributed by atoms with Crippen molar-refractivity contribution in [3.05, 3.63) is 35.4 Å². The molecule has 3 aliphatic rings. The quantitative estimate of drug-likeness (QED) is 0.818. The van der Waals surface area contributed by atoms with Gasteiger partial charge in [-0.2, -0.15) is 0 Å². The van der Waals surface area contributed by atoms with Crippen LogP contribution in [0, 0.1) is 0 Å². The molecule has 4 amide bonds. The number of hydrogen-bond donors (Lipinski definition) is 2. The summed E-state index contributed by atoms with van der Waals surface area (Å²) >= 11 is 0. The van der Waals surface area contributed by atoms with E-state index in [9.17, 15) is 14.4 Å². The van der Waals surface area contributed by atoms with Gasteiger partial charge in [-0.15, -0.1) is 0 Å². The van der Waals surface area contributed by atoms with E-state index in [0.717, 1.165) is 49.0 Å². The summed E-state index contributed by atoms with van der Waals surface area (Å²) in [5, 5.41) is 5.87. The number of rotatable bonds is 3. The van der Waals surface area contributed by atoms with Crippen LogP contribution in [0.3, 0.4) is 0 Å². The molecule has 1 spiro atoms. The summed E-state index contributed by atoms with van der Waals surface area (Å²) in [5.74, 6) is -0.510. The molecular formula is C20H25N3O3. The first-order valence-electron chi connectivity index (χ1n) is 9.60. The number of amides is 4. The lowest BCUT2D eigenvalue weighted by Crippen LogP contribution is -2.49. The van der Waals surface area contributed by atoms with Crippen molar-refractivity contribution >= 4 is 17.8 Å². The summed E-state index contributed by atoms with van der Waals surface area (Å²) in [4.78, 5) is 38.7. The van der Waals surface area contributed by atoms with Crippen molar-refractivity contribution in [1.82, 2.24) is 15.5 Å². The number of benzene rings is 1. The Kier molecular flexibility index (Phi) is 4.42. The molecule has 0 radical (unpaired) electrons. The van der Waals surface area contributed by atoms with Gasteiger partial charge in [-0.1, -0.05) is 43.5 Å². The van der Waals surface area contributed by atoms with Crippen LogP contribution in [0.2, 0.25) is 0 Å². The minimum Gasteiger partial charge on any atom is -0.348 e.